The summed E-state index contributed by atoms with van der Waals surface area (Å²) in [5, 5.41) is 3.54. The van der Waals surface area contributed by atoms with Crippen LogP contribution in [0.3, 0.4) is 0 Å². The number of piperazine rings is 1. The van der Waals surface area contributed by atoms with Crippen molar-refractivity contribution >= 4 is 23.2 Å². The van der Waals surface area contributed by atoms with Gasteiger partial charge in [0.25, 0.3) is 11.8 Å². The molecule has 1 fully saturated rings. The molecule has 0 radical (unpaired) electrons. The molecule has 3 heterocycles. The summed E-state index contributed by atoms with van der Waals surface area (Å²) < 4.78 is 16.5. The molecule has 0 saturated carbocycles. The summed E-state index contributed by atoms with van der Waals surface area (Å²) in [5.74, 6) is 2.21. The number of nitrogens with zero attached hydrogens (tertiary/aromatic N) is 3. The molecule has 1 atom stereocenters. The Morgan fingerprint density at radius 1 is 0.884 bits per heavy atom. The summed E-state index contributed by atoms with van der Waals surface area (Å²) in [5.41, 5.74) is 5.05. The highest BCUT2D eigenvalue weighted by molar-refractivity contribution is 5.99. The zero-order valence-electron chi connectivity index (χ0n) is 23.9. The molecule has 1 unspecified atom stereocenters. The fraction of sp³-hybridized carbons (Fsp3) is 0.235. The van der Waals surface area contributed by atoms with Crippen molar-refractivity contribution in [2.75, 3.05) is 50.3 Å². The predicted octanol–water partition coefficient (Wildman–Crippen LogP) is 5.15. The zero-order chi connectivity index (χ0) is 29.3. The molecule has 0 aromatic heterocycles. The van der Waals surface area contributed by atoms with Crippen LogP contribution in [-0.2, 0) is 6.54 Å². The van der Waals surface area contributed by atoms with Crippen LogP contribution < -0.4 is 24.4 Å². The molecule has 0 spiro atoms. The SMILES string of the molecule is COc1ccccc1N1CCN(C(=O)c2ccc(NC3c4ccccc4C(=O)N3Cc3ccc4c(c3)OCO4)cc2)CC1. The molecule has 1 N–H and O–H groups in total. The Balaban J connectivity index is 1.04. The van der Waals surface area contributed by atoms with Crippen molar-refractivity contribution in [3.63, 3.8) is 0 Å². The van der Waals surface area contributed by atoms with Gasteiger partial charge in [-0.2, -0.15) is 0 Å². The van der Waals surface area contributed by atoms with Gasteiger partial charge in [0.15, 0.2) is 11.5 Å². The van der Waals surface area contributed by atoms with Crippen LogP contribution in [0.5, 0.6) is 17.2 Å². The summed E-state index contributed by atoms with van der Waals surface area (Å²) >= 11 is 0. The maximum absolute atomic E-state index is 13.5. The van der Waals surface area contributed by atoms with E-state index in [0.717, 1.165) is 41.3 Å². The number of amides is 2. The summed E-state index contributed by atoms with van der Waals surface area (Å²) in [7, 11) is 1.68. The lowest BCUT2D eigenvalue weighted by atomic mass is 10.1. The van der Waals surface area contributed by atoms with Gasteiger partial charge in [0.1, 0.15) is 11.9 Å². The van der Waals surface area contributed by atoms with Crippen LogP contribution in [0.4, 0.5) is 11.4 Å². The Bertz CT molecular complexity index is 1670. The van der Waals surface area contributed by atoms with Crippen LogP contribution in [0.25, 0.3) is 0 Å². The van der Waals surface area contributed by atoms with E-state index in [1.165, 1.54) is 0 Å². The monoisotopic (exact) mass is 576 g/mol. The van der Waals surface area contributed by atoms with Gasteiger partial charge in [-0.1, -0.05) is 36.4 Å². The highest BCUT2D eigenvalue weighted by Gasteiger charge is 2.36. The second-order valence-electron chi connectivity index (χ2n) is 10.8. The summed E-state index contributed by atoms with van der Waals surface area (Å²) in [6, 6.07) is 28.9. The summed E-state index contributed by atoms with van der Waals surface area (Å²) in [4.78, 5) is 32.8. The van der Waals surface area contributed by atoms with Crippen molar-refractivity contribution in [1.82, 2.24) is 9.80 Å². The van der Waals surface area contributed by atoms with E-state index in [1.54, 1.807) is 7.11 Å². The first-order valence-corrected chi connectivity index (χ1v) is 14.4. The van der Waals surface area contributed by atoms with Crippen molar-refractivity contribution in [2.24, 2.45) is 0 Å². The van der Waals surface area contributed by atoms with Gasteiger partial charge in [0.2, 0.25) is 6.79 Å². The third kappa shape index (κ3) is 5.07. The van der Waals surface area contributed by atoms with Crippen LogP contribution in [0.1, 0.15) is 38.0 Å². The van der Waals surface area contributed by atoms with E-state index in [2.05, 4.69) is 16.3 Å². The molecule has 1 saturated heterocycles. The van der Waals surface area contributed by atoms with Crippen LogP contribution in [0.2, 0.25) is 0 Å². The highest BCUT2D eigenvalue weighted by atomic mass is 16.7. The van der Waals surface area contributed by atoms with Gasteiger partial charge in [-0.3, -0.25) is 9.59 Å². The minimum atomic E-state index is -0.362. The number of hydrogen-bond acceptors (Lipinski definition) is 7. The molecular formula is C34H32N4O5. The van der Waals surface area contributed by atoms with Gasteiger partial charge < -0.3 is 34.2 Å². The highest BCUT2D eigenvalue weighted by Crippen LogP contribution is 2.38. The Labute approximate surface area is 250 Å². The quantitative estimate of drug-likeness (QED) is 0.326. The average Bonchev–Trinajstić information content (AvgIpc) is 3.63. The minimum Gasteiger partial charge on any atom is -0.495 e. The summed E-state index contributed by atoms with van der Waals surface area (Å²) in [6.45, 7) is 3.34. The van der Waals surface area contributed by atoms with Gasteiger partial charge in [0.05, 0.1) is 12.8 Å². The fourth-order valence-corrected chi connectivity index (χ4v) is 6.02. The van der Waals surface area contributed by atoms with Crippen LogP contribution in [0.15, 0.2) is 91.0 Å². The molecular weight excluding hydrogens is 544 g/mol. The Hall–Kier alpha value is -5.18. The number of carbonyl (C=O) groups excluding carboxylic acids is 2. The van der Waals surface area contributed by atoms with E-state index in [0.29, 0.717) is 42.3 Å². The van der Waals surface area contributed by atoms with E-state index in [4.69, 9.17) is 14.2 Å². The molecule has 218 valence electrons. The van der Waals surface area contributed by atoms with Crippen molar-refractivity contribution < 1.29 is 23.8 Å². The molecule has 7 rings (SSSR count). The number of hydrogen-bond donors (Lipinski definition) is 1. The molecule has 9 heteroatoms. The standard InChI is InChI=1S/C34H32N4O5/c1-41-29-9-5-4-8-28(29)36-16-18-37(19-17-36)33(39)24-11-13-25(14-12-24)35-32-26-6-2-3-7-27(26)34(40)38(32)21-23-10-15-30-31(20-23)43-22-42-30/h2-15,20,32,35H,16-19,21-22H2,1H3. The lowest BCUT2D eigenvalue weighted by molar-refractivity contribution is 0.0726. The molecule has 4 aromatic carbocycles. The molecule has 43 heavy (non-hydrogen) atoms. The Morgan fingerprint density at radius 2 is 1.63 bits per heavy atom. The zero-order valence-corrected chi connectivity index (χ0v) is 23.9. The number of benzene rings is 4. The Morgan fingerprint density at radius 3 is 2.44 bits per heavy atom. The lowest BCUT2D eigenvalue weighted by Gasteiger charge is -2.36. The van der Waals surface area contributed by atoms with E-state index in [1.807, 2.05) is 94.7 Å². The van der Waals surface area contributed by atoms with Gasteiger partial charge in [-0.25, -0.2) is 0 Å². The number of methoxy groups -OCH3 is 1. The van der Waals surface area contributed by atoms with Crippen LogP contribution in [-0.4, -0.2) is 61.7 Å². The molecule has 0 bridgehead atoms. The molecule has 2 amide bonds. The predicted molar refractivity (Wildman–Crippen MR) is 163 cm³/mol. The average molecular weight is 577 g/mol. The number of anilines is 2. The molecule has 4 aromatic rings. The number of para-hydroxylation sites is 2. The maximum atomic E-state index is 13.5. The first-order chi connectivity index (χ1) is 21.1. The second-order valence-corrected chi connectivity index (χ2v) is 10.8. The van der Waals surface area contributed by atoms with Crippen molar-refractivity contribution in [3.8, 4) is 17.2 Å². The van der Waals surface area contributed by atoms with Gasteiger partial charge in [-0.15, -0.1) is 0 Å². The third-order valence-electron chi connectivity index (χ3n) is 8.28. The van der Waals surface area contributed by atoms with Crippen molar-refractivity contribution in [3.05, 3.63) is 113 Å². The van der Waals surface area contributed by atoms with E-state index in [-0.39, 0.29) is 24.8 Å². The maximum Gasteiger partial charge on any atom is 0.256 e. The largest absolute Gasteiger partial charge is 0.495 e. The van der Waals surface area contributed by atoms with Crippen LogP contribution in [0, 0.1) is 0 Å². The number of ether oxygens (including phenoxy) is 3. The van der Waals surface area contributed by atoms with Gasteiger partial charge >= 0.3 is 0 Å². The van der Waals surface area contributed by atoms with E-state index in [9.17, 15) is 9.59 Å². The van der Waals surface area contributed by atoms with Gasteiger partial charge in [-0.05, 0) is 60.2 Å². The molecule has 3 aliphatic rings. The topological polar surface area (TPSA) is 83.6 Å². The lowest BCUT2D eigenvalue weighted by Crippen LogP contribution is -2.48. The van der Waals surface area contributed by atoms with E-state index < -0.39 is 0 Å². The second kappa shape index (κ2) is 11.2. The Kier molecular flexibility index (Phi) is 6.98. The molecule has 3 aliphatic heterocycles. The van der Waals surface area contributed by atoms with Crippen molar-refractivity contribution in [2.45, 2.75) is 12.7 Å². The number of fused-ring (bicyclic) bond motifs is 2. The van der Waals surface area contributed by atoms with E-state index >= 15 is 0 Å². The minimum absolute atomic E-state index is 0.0112. The van der Waals surface area contributed by atoms with Gasteiger partial charge in [0, 0.05) is 55.1 Å². The number of rotatable bonds is 7. The number of nitrogens with one attached hydrogen (secondary N) is 1. The smallest absolute Gasteiger partial charge is 0.256 e. The van der Waals surface area contributed by atoms with Crippen molar-refractivity contribution in [1.29, 1.82) is 0 Å². The first-order valence-electron chi connectivity index (χ1n) is 14.4. The first kappa shape index (κ1) is 26.7. The summed E-state index contributed by atoms with van der Waals surface area (Å²) in [6.07, 6.45) is -0.362. The molecule has 0 aliphatic carbocycles. The number of carbonyl (C=O) groups is 2. The van der Waals surface area contributed by atoms with Crippen LogP contribution >= 0.6 is 0 Å². The normalized spacial score (nSPS) is 17.2. The fourth-order valence-electron chi connectivity index (χ4n) is 6.02. The molecule has 9 nitrogen and oxygen atoms in total. The third-order valence-corrected chi connectivity index (χ3v) is 8.28.